The highest BCUT2D eigenvalue weighted by molar-refractivity contribution is 5.86. The van der Waals surface area contributed by atoms with Gasteiger partial charge in [0.05, 0.1) is 25.9 Å². The number of hydrogen-bond donors (Lipinski definition) is 2. The van der Waals surface area contributed by atoms with Gasteiger partial charge in [0.2, 0.25) is 0 Å². The second-order valence-corrected chi connectivity index (χ2v) is 11.6. The van der Waals surface area contributed by atoms with E-state index in [9.17, 15) is 26.7 Å². The molecule has 0 aromatic heterocycles. The number of aliphatic hydroxyl groups is 1. The lowest BCUT2D eigenvalue weighted by atomic mass is 9.84. The standard InChI is InChI=1S/C31H37F5N2O5/c1-41-28-21(13-24(14-27(28)33)31(34,35)36)15-37-29(40)30(23-3-4-23)9-6-25(17-43-30)38-10-7-19(8-11-38)20-2-5-26(32)22(12-20)16-42-18-39/h2,5,12-14,19,23,25,39H,3-4,6-11,15-18H2,1H3,(H,37,40)/t25-,30+/m1/s1. The van der Waals surface area contributed by atoms with Crippen LogP contribution in [0.3, 0.4) is 0 Å². The molecule has 7 nitrogen and oxygen atoms in total. The fourth-order valence-electron chi connectivity index (χ4n) is 6.52. The molecular weight excluding hydrogens is 575 g/mol. The maximum absolute atomic E-state index is 14.4. The molecule has 2 aliphatic heterocycles. The number of carbonyl (C=O) groups excluding carboxylic acids is 1. The largest absolute Gasteiger partial charge is 0.493 e. The van der Waals surface area contributed by atoms with Crippen LogP contribution in [0.1, 0.15) is 66.7 Å². The lowest BCUT2D eigenvalue weighted by Gasteiger charge is -2.45. The summed E-state index contributed by atoms with van der Waals surface area (Å²) in [6, 6.07) is 6.35. The molecule has 0 spiro atoms. The smallest absolute Gasteiger partial charge is 0.416 e. The van der Waals surface area contributed by atoms with Gasteiger partial charge in [0.1, 0.15) is 18.2 Å². The van der Waals surface area contributed by atoms with Gasteiger partial charge in [0.15, 0.2) is 11.6 Å². The van der Waals surface area contributed by atoms with Crippen LogP contribution >= 0.6 is 0 Å². The average Bonchev–Trinajstić information content (AvgIpc) is 3.85. The number of likely N-dealkylation sites (tertiary alicyclic amines) is 1. The Morgan fingerprint density at radius 3 is 2.42 bits per heavy atom. The fourth-order valence-corrected chi connectivity index (χ4v) is 6.52. The van der Waals surface area contributed by atoms with Crippen molar-refractivity contribution in [3.05, 3.63) is 64.2 Å². The monoisotopic (exact) mass is 612 g/mol. The van der Waals surface area contributed by atoms with Crippen molar-refractivity contribution in [1.29, 1.82) is 0 Å². The number of nitrogens with zero attached hydrogens (tertiary/aromatic N) is 1. The third kappa shape index (κ3) is 6.97. The predicted octanol–water partition coefficient (Wildman–Crippen LogP) is 5.28. The first kappa shape index (κ1) is 31.6. The average molecular weight is 613 g/mol. The van der Waals surface area contributed by atoms with Gasteiger partial charge in [0, 0.05) is 23.7 Å². The van der Waals surface area contributed by atoms with Crippen LogP contribution in [0.4, 0.5) is 22.0 Å². The molecule has 2 heterocycles. The van der Waals surface area contributed by atoms with E-state index in [0.29, 0.717) is 24.7 Å². The summed E-state index contributed by atoms with van der Waals surface area (Å²) in [6.07, 6.45) is -0.113. The van der Waals surface area contributed by atoms with Gasteiger partial charge in [-0.1, -0.05) is 12.1 Å². The van der Waals surface area contributed by atoms with Crippen molar-refractivity contribution in [2.75, 3.05) is 33.6 Å². The number of aliphatic hydroxyl groups excluding tert-OH is 1. The summed E-state index contributed by atoms with van der Waals surface area (Å²) in [5, 5.41) is 11.6. The van der Waals surface area contributed by atoms with Gasteiger partial charge in [-0.05, 0) is 87.2 Å². The summed E-state index contributed by atoms with van der Waals surface area (Å²) in [6.45, 7) is 1.21. The molecular formula is C31H37F5N2O5. The zero-order valence-corrected chi connectivity index (χ0v) is 24.0. The van der Waals surface area contributed by atoms with E-state index in [1.807, 2.05) is 0 Å². The predicted molar refractivity (Wildman–Crippen MR) is 146 cm³/mol. The Balaban J connectivity index is 1.18. The lowest BCUT2D eigenvalue weighted by Crippen LogP contribution is -2.57. The van der Waals surface area contributed by atoms with Crippen LogP contribution in [0.5, 0.6) is 5.75 Å². The molecule has 0 radical (unpaired) electrons. The molecule has 0 unspecified atom stereocenters. The zero-order valence-electron chi connectivity index (χ0n) is 24.0. The number of rotatable bonds is 10. The SMILES string of the molecule is COc1c(F)cc(C(F)(F)F)cc1CNC(=O)[C@@]1(C2CC2)CC[C@@H](N2CCC(c3ccc(F)c(COCO)c3)CC2)CO1. The summed E-state index contributed by atoms with van der Waals surface area (Å²) in [5.74, 6) is -1.94. The maximum Gasteiger partial charge on any atom is 0.416 e. The number of alkyl halides is 3. The third-order valence-corrected chi connectivity index (χ3v) is 9.03. The van der Waals surface area contributed by atoms with Crippen LogP contribution in [0, 0.1) is 17.6 Å². The molecule has 12 heteroatoms. The Bertz CT molecular complexity index is 1290. The second-order valence-electron chi connectivity index (χ2n) is 11.6. The minimum Gasteiger partial charge on any atom is -0.493 e. The van der Waals surface area contributed by atoms with Gasteiger partial charge in [-0.2, -0.15) is 13.2 Å². The van der Waals surface area contributed by atoms with Gasteiger partial charge < -0.3 is 24.6 Å². The number of amides is 1. The van der Waals surface area contributed by atoms with Crippen LogP contribution in [0.15, 0.2) is 30.3 Å². The van der Waals surface area contributed by atoms with E-state index in [-0.39, 0.29) is 48.2 Å². The molecule has 2 saturated heterocycles. The van der Waals surface area contributed by atoms with Crippen LogP contribution in [0.2, 0.25) is 0 Å². The van der Waals surface area contributed by atoms with E-state index in [2.05, 4.69) is 10.2 Å². The summed E-state index contributed by atoms with van der Waals surface area (Å²) < 4.78 is 84.6. The van der Waals surface area contributed by atoms with E-state index in [1.165, 1.54) is 13.2 Å². The molecule has 236 valence electrons. The van der Waals surface area contributed by atoms with Gasteiger partial charge in [-0.15, -0.1) is 0 Å². The van der Waals surface area contributed by atoms with Crippen LogP contribution < -0.4 is 10.1 Å². The Hall–Kier alpha value is -2.80. The zero-order chi connectivity index (χ0) is 30.8. The van der Waals surface area contributed by atoms with Crippen LogP contribution in [-0.2, 0) is 33.6 Å². The number of hydrogen-bond acceptors (Lipinski definition) is 6. The van der Waals surface area contributed by atoms with Crippen LogP contribution in [-0.4, -0.2) is 61.2 Å². The van der Waals surface area contributed by atoms with Gasteiger partial charge >= 0.3 is 6.18 Å². The molecule has 43 heavy (non-hydrogen) atoms. The molecule has 2 N–H and O–H groups in total. The fraction of sp³-hybridized carbons (Fsp3) is 0.581. The molecule has 1 saturated carbocycles. The molecule has 2 aromatic carbocycles. The molecule has 1 amide bonds. The molecule has 2 atom stereocenters. The molecule has 5 rings (SSSR count). The molecule has 3 fully saturated rings. The highest BCUT2D eigenvalue weighted by Gasteiger charge is 2.54. The summed E-state index contributed by atoms with van der Waals surface area (Å²) in [5.41, 5.74) is -0.855. The lowest BCUT2D eigenvalue weighted by molar-refractivity contribution is -0.165. The summed E-state index contributed by atoms with van der Waals surface area (Å²) in [7, 11) is 1.17. The van der Waals surface area contributed by atoms with Crippen molar-refractivity contribution in [2.45, 2.75) is 75.4 Å². The normalized spacial score (nSPS) is 23.7. The highest BCUT2D eigenvalue weighted by Crippen LogP contribution is 2.47. The summed E-state index contributed by atoms with van der Waals surface area (Å²) >= 11 is 0. The first-order chi connectivity index (χ1) is 20.6. The number of nitrogens with one attached hydrogen (secondary N) is 1. The Morgan fingerprint density at radius 2 is 1.81 bits per heavy atom. The molecule has 2 aromatic rings. The Morgan fingerprint density at radius 1 is 1.07 bits per heavy atom. The van der Waals surface area contributed by atoms with Crippen molar-refractivity contribution in [3.63, 3.8) is 0 Å². The second kappa shape index (κ2) is 13.1. The van der Waals surface area contributed by atoms with Crippen molar-refractivity contribution in [1.82, 2.24) is 10.2 Å². The number of halogens is 5. The number of methoxy groups -OCH3 is 1. The van der Waals surface area contributed by atoms with Gasteiger partial charge in [-0.3, -0.25) is 9.69 Å². The molecule has 0 bridgehead atoms. The van der Waals surface area contributed by atoms with Gasteiger partial charge in [0.25, 0.3) is 5.91 Å². The van der Waals surface area contributed by atoms with E-state index in [1.54, 1.807) is 12.1 Å². The molecule has 1 aliphatic carbocycles. The number of benzene rings is 2. The van der Waals surface area contributed by atoms with Crippen molar-refractivity contribution < 1.29 is 46.1 Å². The quantitative estimate of drug-likeness (QED) is 0.281. The van der Waals surface area contributed by atoms with E-state index >= 15 is 0 Å². The minimum absolute atomic E-state index is 0.00906. The number of piperidine rings is 1. The van der Waals surface area contributed by atoms with E-state index in [4.69, 9.17) is 19.3 Å². The van der Waals surface area contributed by atoms with Crippen LogP contribution in [0.25, 0.3) is 0 Å². The molecule has 3 aliphatic rings. The third-order valence-electron chi connectivity index (χ3n) is 9.03. The van der Waals surface area contributed by atoms with Crippen molar-refractivity contribution >= 4 is 5.91 Å². The summed E-state index contributed by atoms with van der Waals surface area (Å²) in [4.78, 5) is 15.8. The Kier molecular flexibility index (Phi) is 9.60. The number of carbonyl (C=O) groups is 1. The minimum atomic E-state index is -4.74. The first-order valence-corrected chi connectivity index (χ1v) is 14.6. The van der Waals surface area contributed by atoms with Crippen molar-refractivity contribution in [2.24, 2.45) is 5.92 Å². The maximum atomic E-state index is 14.4. The van der Waals surface area contributed by atoms with E-state index in [0.717, 1.165) is 56.8 Å². The topological polar surface area (TPSA) is 80.3 Å². The van der Waals surface area contributed by atoms with E-state index < -0.39 is 35.9 Å². The Labute approximate surface area is 247 Å². The van der Waals surface area contributed by atoms with Gasteiger partial charge in [-0.25, -0.2) is 8.78 Å². The number of ether oxygens (including phenoxy) is 3. The van der Waals surface area contributed by atoms with Crippen molar-refractivity contribution in [3.8, 4) is 5.75 Å². The highest BCUT2D eigenvalue weighted by atomic mass is 19.4. The first-order valence-electron chi connectivity index (χ1n) is 14.6.